The van der Waals surface area contributed by atoms with Gasteiger partial charge in [0.05, 0.1) is 13.0 Å². The molecular weight excluding hydrogens is 176 g/mol. The van der Waals surface area contributed by atoms with Gasteiger partial charge in [0.2, 0.25) is 0 Å². The molecule has 1 heterocycles. The molecule has 0 aromatic rings. The van der Waals surface area contributed by atoms with E-state index >= 15 is 0 Å². The maximum absolute atomic E-state index is 11.3. The van der Waals surface area contributed by atoms with E-state index < -0.39 is 17.7 Å². The molecule has 1 aliphatic rings. The molecule has 1 rings (SSSR count). The minimum absolute atomic E-state index is 0.187. The van der Waals surface area contributed by atoms with Gasteiger partial charge in [0.25, 0.3) is 0 Å². The summed E-state index contributed by atoms with van der Waals surface area (Å²) in [6.45, 7) is 1.92. The van der Waals surface area contributed by atoms with Gasteiger partial charge in [-0.05, 0) is 6.92 Å². The second-order valence-electron chi connectivity index (χ2n) is 2.65. The molecule has 0 bridgehead atoms. The largest absolute Gasteiger partial charge is 0.461 e. The van der Waals surface area contributed by atoms with Crippen molar-refractivity contribution in [1.29, 1.82) is 0 Å². The van der Waals surface area contributed by atoms with Crippen LogP contribution in [0, 0.1) is 0 Å². The molecule has 1 aliphatic heterocycles. The van der Waals surface area contributed by atoms with Crippen LogP contribution in [0.5, 0.6) is 0 Å². The third-order valence-electron chi connectivity index (χ3n) is 1.85. The SMILES string of the molecule is CCOC(=O)C1(OC)CCC(=O)O1. The second kappa shape index (κ2) is 3.74. The van der Waals surface area contributed by atoms with Crippen molar-refractivity contribution < 1.29 is 23.8 Å². The number of esters is 2. The number of ether oxygens (including phenoxy) is 3. The lowest BCUT2D eigenvalue weighted by atomic mass is 10.2. The van der Waals surface area contributed by atoms with Crippen molar-refractivity contribution in [3.8, 4) is 0 Å². The predicted molar refractivity (Wildman–Crippen MR) is 41.7 cm³/mol. The minimum atomic E-state index is -1.49. The van der Waals surface area contributed by atoms with Crippen LogP contribution >= 0.6 is 0 Å². The van der Waals surface area contributed by atoms with Gasteiger partial charge in [-0.15, -0.1) is 0 Å². The van der Waals surface area contributed by atoms with Crippen molar-refractivity contribution in [3.63, 3.8) is 0 Å². The van der Waals surface area contributed by atoms with Gasteiger partial charge in [0.1, 0.15) is 0 Å². The zero-order chi connectivity index (χ0) is 9.90. The molecule has 0 radical (unpaired) electrons. The Morgan fingerprint density at radius 1 is 1.69 bits per heavy atom. The number of methoxy groups -OCH3 is 1. The molecular formula is C8H12O5. The van der Waals surface area contributed by atoms with Crippen LogP contribution in [0.1, 0.15) is 19.8 Å². The van der Waals surface area contributed by atoms with Crippen molar-refractivity contribution in [2.45, 2.75) is 25.6 Å². The van der Waals surface area contributed by atoms with E-state index in [-0.39, 0.29) is 19.4 Å². The van der Waals surface area contributed by atoms with E-state index in [1.54, 1.807) is 6.92 Å². The summed E-state index contributed by atoms with van der Waals surface area (Å²) >= 11 is 0. The van der Waals surface area contributed by atoms with Crippen molar-refractivity contribution in [2.24, 2.45) is 0 Å². The first-order valence-electron chi connectivity index (χ1n) is 4.09. The highest BCUT2D eigenvalue weighted by atomic mass is 16.7. The van der Waals surface area contributed by atoms with Gasteiger partial charge in [-0.2, -0.15) is 0 Å². The van der Waals surface area contributed by atoms with Crippen LogP contribution in [0.3, 0.4) is 0 Å². The zero-order valence-corrected chi connectivity index (χ0v) is 7.66. The maximum Gasteiger partial charge on any atom is 0.379 e. The van der Waals surface area contributed by atoms with Crippen molar-refractivity contribution in [3.05, 3.63) is 0 Å². The maximum atomic E-state index is 11.3. The molecule has 0 amide bonds. The molecule has 1 unspecified atom stereocenters. The van der Waals surface area contributed by atoms with Gasteiger partial charge in [0.15, 0.2) is 0 Å². The first-order chi connectivity index (χ1) is 6.14. The lowest BCUT2D eigenvalue weighted by Crippen LogP contribution is -2.41. The van der Waals surface area contributed by atoms with Gasteiger partial charge < -0.3 is 14.2 Å². The lowest BCUT2D eigenvalue weighted by molar-refractivity contribution is -0.222. The summed E-state index contributed by atoms with van der Waals surface area (Å²) in [4.78, 5) is 22.1. The van der Waals surface area contributed by atoms with Crippen LogP contribution in [-0.4, -0.2) is 31.4 Å². The Morgan fingerprint density at radius 3 is 2.77 bits per heavy atom. The van der Waals surface area contributed by atoms with Crippen LogP contribution < -0.4 is 0 Å². The Morgan fingerprint density at radius 2 is 2.38 bits per heavy atom. The molecule has 0 N–H and O–H groups in total. The third-order valence-corrected chi connectivity index (χ3v) is 1.85. The molecule has 0 spiro atoms. The molecule has 1 fully saturated rings. The molecule has 0 aliphatic carbocycles. The molecule has 1 atom stereocenters. The average Bonchev–Trinajstić information content (AvgIpc) is 2.49. The Hall–Kier alpha value is -1.10. The van der Waals surface area contributed by atoms with Gasteiger partial charge in [-0.1, -0.05) is 0 Å². The van der Waals surface area contributed by atoms with Gasteiger partial charge in [-0.25, -0.2) is 4.79 Å². The molecule has 13 heavy (non-hydrogen) atoms. The molecule has 0 aromatic carbocycles. The summed E-state index contributed by atoms with van der Waals surface area (Å²) in [5, 5.41) is 0. The lowest BCUT2D eigenvalue weighted by Gasteiger charge is -2.22. The zero-order valence-electron chi connectivity index (χ0n) is 7.66. The fourth-order valence-corrected chi connectivity index (χ4v) is 1.16. The Labute approximate surface area is 76.0 Å². The number of cyclic esters (lactones) is 1. The number of rotatable bonds is 3. The monoisotopic (exact) mass is 188 g/mol. The highest BCUT2D eigenvalue weighted by Crippen LogP contribution is 2.28. The van der Waals surface area contributed by atoms with E-state index in [9.17, 15) is 9.59 Å². The van der Waals surface area contributed by atoms with Crippen molar-refractivity contribution in [1.82, 2.24) is 0 Å². The fourth-order valence-electron chi connectivity index (χ4n) is 1.16. The van der Waals surface area contributed by atoms with Crippen LogP contribution in [0.2, 0.25) is 0 Å². The first kappa shape index (κ1) is 9.98. The van der Waals surface area contributed by atoms with E-state index in [4.69, 9.17) is 14.2 Å². The Balaban J connectivity index is 2.70. The van der Waals surface area contributed by atoms with Crippen LogP contribution in [-0.2, 0) is 23.8 Å². The number of hydrogen-bond acceptors (Lipinski definition) is 5. The van der Waals surface area contributed by atoms with Crippen molar-refractivity contribution >= 4 is 11.9 Å². The first-order valence-corrected chi connectivity index (χ1v) is 4.09. The summed E-state index contributed by atoms with van der Waals surface area (Å²) < 4.78 is 14.4. The van der Waals surface area contributed by atoms with Crippen LogP contribution in [0.15, 0.2) is 0 Å². The van der Waals surface area contributed by atoms with Crippen molar-refractivity contribution in [2.75, 3.05) is 13.7 Å². The quantitative estimate of drug-likeness (QED) is 0.593. The summed E-state index contributed by atoms with van der Waals surface area (Å²) in [6.07, 6.45) is 0.411. The van der Waals surface area contributed by atoms with Gasteiger partial charge >= 0.3 is 17.7 Å². The van der Waals surface area contributed by atoms with Gasteiger partial charge in [-0.3, -0.25) is 4.79 Å². The summed E-state index contributed by atoms with van der Waals surface area (Å²) in [6, 6.07) is 0. The normalized spacial score (nSPS) is 27.1. The molecule has 0 aromatic heterocycles. The second-order valence-corrected chi connectivity index (χ2v) is 2.65. The smallest absolute Gasteiger partial charge is 0.379 e. The van der Waals surface area contributed by atoms with E-state index in [1.165, 1.54) is 7.11 Å². The average molecular weight is 188 g/mol. The van der Waals surface area contributed by atoms with Crippen LogP contribution in [0.25, 0.3) is 0 Å². The summed E-state index contributed by atoms with van der Waals surface area (Å²) in [7, 11) is 1.32. The van der Waals surface area contributed by atoms with E-state index in [1.807, 2.05) is 0 Å². The Kier molecular flexibility index (Phi) is 2.87. The number of hydrogen-bond donors (Lipinski definition) is 0. The topological polar surface area (TPSA) is 61.8 Å². The third kappa shape index (κ3) is 1.80. The van der Waals surface area contributed by atoms with E-state index in [0.29, 0.717) is 0 Å². The fraction of sp³-hybridized carbons (Fsp3) is 0.750. The predicted octanol–water partition coefficient (Wildman–Crippen LogP) is 0.229. The van der Waals surface area contributed by atoms with E-state index in [0.717, 1.165) is 0 Å². The molecule has 5 nitrogen and oxygen atoms in total. The molecule has 5 heteroatoms. The van der Waals surface area contributed by atoms with Crippen LogP contribution in [0.4, 0.5) is 0 Å². The molecule has 0 saturated carbocycles. The Bertz CT molecular complexity index is 225. The van der Waals surface area contributed by atoms with Gasteiger partial charge in [0, 0.05) is 13.5 Å². The molecule has 74 valence electrons. The summed E-state index contributed by atoms with van der Waals surface area (Å²) in [5.74, 6) is -2.56. The summed E-state index contributed by atoms with van der Waals surface area (Å²) in [5.41, 5.74) is 0. The van der Waals surface area contributed by atoms with E-state index in [2.05, 4.69) is 0 Å². The minimum Gasteiger partial charge on any atom is -0.461 e. The number of carbonyl (C=O) groups excluding carboxylic acids is 2. The number of carbonyl (C=O) groups is 2. The standard InChI is InChI=1S/C8H12O5/c1-3-12-7(10)8(11-2)5-4-6(9)13-8/h3-5H2,1-2H3. The highest BCUT2D eigenvalue weighted by Gasteiger charge is 2.49. The molecule has 1 saturated heterocycles. The highest BCUT2D eigenvalue weighted by molar-refractivity contribution is 5.85.